The van der Waals surface area contributed by atoms with E-state index >= 15 is 0 Å². The lowest BCUT2D eigenvalue weighted by Crippen LogP contribution is -2.09. The van der Waals surface area contributed by atoms with E-state index in [0.717, 1.165) is 16.9 Å². The molecule has 0 fully saturated rings. The largest absolute Gasteiger partial charge is 0.386 e. The molecule has 4 heteroatoms. The normalized spacial score (nSPS) is 10.4. The minimum absolute atomic E-state index is 0.174. The van der Waals surface area contributed by atoms with Crippen molar-refractivity contribution in [3.63, 3.8) is 0 Å². The molecule has 0 aliphatic carbocycles. The van der Waals surface area contributed by atoms with Gasteiger partial charge in [-0.25, -0.2) is 0 Å². The molecule has 96 valence electrons. The van der Waals surface area contributed by atoms with Gasteiger partial charge in [0.25, 0.3) is 0 Å². The minimum atomic E-state index is -0.174. The number of para-hydroxylation sites is 2. The van der Waals surface area contributed by atoms with E-state index < -0.39 is 0 Å². The summed E-state index contributed by atoms with van der Waals surface area (Å²) in [5.74, 6) is -0.174. The molecule has 2 rings (SSSR count). The molecule has 0 bridgehead atoms. The fourth-order valence-corrected chi connectivity index (χ4v) is 1.63. The summed E-state index contributed by atoms with van der Waals surface area (Å²) in [6.45, 7) is 0. The highest BCUT2D eigenvalue weighted by atomic mass is 16.1. The van der Waals surface area contributed by atoms with E-state index in [1.54, 1.807) is 18.5 Å². The predicted octanol–water partition coefficient (Wildman–Crippen LogP) is 2.78. The van der Waals surface area contributed by atoms with Crippen LogP contribution in [0.25, 0.3) is 6.08 Å². The molecule has 0 spiro atoms. The number of carbonyl (C=O) groups is 1. The van der Waals surface area contributed by atoms with Gasteiger partial charge in [-0.3, -0.25) is 9.78 Å². The van der Waals surface area contributed by atoms with Crippen molar-refractivity contribution in [3.05, 3.63) is 60.4 Å². The Kier molecular flexibility index (Phi) is 4.29. The van der Waals surface area contributed by atoms with E-state index in [2.05, 4.69) is 15.6 Å². The lowest BCUT2D eigenvalue weighted by Gasteiger charge is -2.08. The number of benzene rings is 1. The van der Waals surface area contributed by atoms with Crippen molar-refractivity contribution in [2.24, 2.45) is 0 Å². The Labute approximate surface area is 112 Å². The van der Waals surface area contributed by atoms with Crippen molar-refractivity contribution < 1.29 is 4.79 Å². The quantitative estimate of drug-likeness (QED) is 0.824. The molecule has 1 amide bonds. The first kappa shape index (κ1) is 12.8. The van der Waals surface area contributed by atoms with Gasteiger partial charge in [-0.15, -0.1) is 0 Å². The molecular formula is C15H15N3O. The molecule has 0 saturated heterocycles. The van der Waals surface area contributed by atoms with Crippen molar-refractivity contribution >= 4 is 23.4 Å². The average Bonchev–Trinajstić information content (AvgIpc) is 2.47. The molecule has 1 heterocycles. The third kappa shape index (κ3) is 3.67. The number of rotatable bonds is 4. The Morgan fingerprint density at radius 3 is 2.63 bits per heavy atom. The van der Waals surface area contributed by atoms with E-state index in [0.29, 0.717) is 0 Å². The number of nitrogens with zero attached hydrogens (tertiary/aromatic N) is 1. The maximum atomic E-state index is 11.8. The number of hydrogen-bond acceptors (Lipinski definition) is 3. The first-order valence-corrected chi connectivity index (χ1v) is 5.95. The molecule has 1 aromatic heterocycles. The standard InChI is InChI=1S/C15H15N3O/c1-16-13-6-2-3-7-14(13)18-15(19)9-8-12-5-4-10-17-11-12/h2-11,16H,1H3,(H,18,19)/b9-8+. The molecule has 0 saturated carbocycles. The van der Waals surface area contributed by atoms with Crippen LogP contribution in [0.4, 0.5) is 11.4 Å². The van der Waals surface area contributed by atoms with Gasteiger partial charge in [-0.05, 0) is 29.8 Å². The van der Waals surface area contributed by atoms with Gasteiger partial charge < -0.3 is 10.6 Å². The highest BCUT2D eigenvalue weighted by molar-refractivity contribution is 6.03. The van der Waals surface area contributed by atoms with Gasteiger partial charge in [0.05, 0.1) is 11.4 Å². The van der Waals surface area contributed by atoms with E-state index in [4.69, 9.17) is 0 Å². The zero-order valence-electron chi connectivity index (χ0n) is 10.6. The molecule has 0 aliphatic heterocycles. The van der Waals surface area contributed by atoms with Crippen LogP contribution in [0.5, 0.6) is 0 Å². The number of aromatic nitrogens is 1. The molecule has 2 N–H and O–H groups in total. The summed E-state index contributed by atoms with van der Waals surface area (Å²) < 4.78 is 0. The second-order valence-corrected chi connectivity index (χ2v) is 3.90. The van der Waals surface area contributed by atoms with Crippen LogP contribution in [0, 0.1) is 0 Å². The van der Waals surface area contributed by atoms with Crippen LogP contribution in [0.1, 0.15) is 5.56 Å². The fraction of sp³-hybridized carbons (Fsp3) is 0.0667. The van der Waals surface area contributed by atoms with Crippen LogP contribution >= 0.6 is 0 Å². The number of anilines is 2. The first-order chi connectivity index (χ1) is 9.29. The maximum Gasteiger partial charge on any atom is 0.248 e. The van der Waals surface area contributed by atoms with Crippen molar-refractivity contribution in [2.75, 3.05) is 17.7 Å². The zero-order chi connectivity index (χ0) is 13.5. The molecule has 0 atom stereocenters. The molecule has 1 aromatic carbocycles. The summed E-state index contributed by atoms with van der Waals surface area (Å²) in [5.41, 5.74) is 2.52. The summed E-state index contributed by atoms with van der Waals surface area (Å²) in [5, 5.41) is 5.85. The number of carbonyl (C=O) groups excluding carboxylic acids is 1. The van der Waals surface area contributed by atoms with Gasteiger partial charge in [0.15, 0.2) is 0 Å². The SMILES string of the molecule is CNc1ccccc1NC(=O)/C=C/c1cccnc1. The molecule has 19 heavy (non-hydrogen) atoms. The fourth-order valence-electron chi connectivity index (χ4n) is 1.63. The number of hydrogen-bond donors (Lipinski definition) is 2. The molecular weight excluding hydrogens is 238 g/mol. The van der Waals surface area contributed by atoms with Crippen LogP contribution in [0.3, 0.4) is 0 Å². The third-order valence-corrected chi connectivity index (χ3v) is 2.57. The summed E-state index contributed by atoms with van der Waals surface area (Å²) in [6.07, 6.45) is 6.61. The lowest BCUT2D eigenvalue weighted by atomic mass is 10.2. The van der Waals surface area contributed by atoms with Crippen LogP contribution in [0.2, 0.25) is 0 Å². The third-order valence-electron chi connectivity index (χ3n) is 2.57. The highest BCUT2D eigenvalue weighted by Crippen LogP contribution is 2.19. The Bertz CT molecular complexity index is 579. The summed E-state index contributed by atoms with van der Waals surface area (Å²) >= 11 is 0. The predicted molar refractivity (Wildman–Crippen MR) is 77.9 cm³/mol. The minimum Gasteiger partial charge on any atom is -0.386 e. The number of pyridine rings is 1. The smallest absolute Gasteiger partial charge is 0.248 e. The van der Waals surface area contributed by atoms with E-state index in [9.17, 15) is 4.79 Å². The van der Waals surface area contributed by atoms with Gasteiger partial charge in [0, 0.05) is 25.5 Å². The zero-order valence-corrected chi connectivity index (χ0v) is 10.6. The van der Waals surface area contributed by atoms with Crippen LogP contribution in [0.15, 0.2) is 54.9 Å². The molecule has 2 aromatic rings. The summed E-state index contributed by atoms with van der Waals surface area (Å²) in [4.78, 5) is 15.8. The van der Waals surface area contributed by atoms with Gasteiger partial charge in [0.1, 0.15) is 0 Å². The average molecular weight is 253 g/mol. The Morgan fingerprint density at radius 2 is 1.95 bits per heavy atom. The Balaban J connectivity index is 2.04. The van der Waals surface area contributed by atoms with Gasteiger partial charge >= 0.3 is 0 Å². The molecule has 0 unspecified atom stereocenters. The van der Waals surface area contributed by atoms with Crippen LogP contribution < -0.4 is 10.6 Å². The maximum absolute atomic E-state index is 11.8. The number of nitrogens with one attached hydrogen (secondary N) is 2. The molecule has 0 aliphatic rings. The second kappa shape index (κ2) is 6.35. The molecule has 4 nitrogen and oxygen atoms in total. The topological polar surface area (TPSA) is 54.0 Å². The van der Waals surface area contributed by atoms with Crippen molar-refractivity contribution in [2.45, 2.75) is 0 Å². The van der Waals surface area contributed by atoms with Crippen molar-refractivity contribution in [1.82, 2.24) is 4.98 Å². The Hall–Kier alpha value is -2.62. The summed E-state index contributed by atoms with van der Waals surface area (Å²) in [6, 6.07) is 11.3. The van der Waals surface area contributed by atoms with Gasteiger partial charge in [-0.2, -0.15) is 0 Å². The van der Waals surface area contributed by atoms with Crippen LogP contribution in [-0.2, 0) is 4.79 Å². The van der Waals surface area contributed by atoms with Crippen LogP contribution in [-0.4, -0.2) is 17.9 Å². The van der Waals surface area contributed by atoms with Gasteiger partial charge in [0.2, 0.25) is 5.91 Å². The van der Waals surface area contributed by atoms with Crippen molar-refractivity contribution in [3.8, 4) is 0 Å². The first-order valence-electron chi connectivity index (χ1n) is 5.95. The van der Waals surface area contributed by atoms with E-state index in [-0.39, 0.29) is 5.91 Å². The second-order valence-electron chi connectivity index (χ2n) is 3.90. The van der Waals surface area contributed by atoms with Crippen molar-refractivity contribution in [1.29, 1.82) is 0 Å². The van der Waals surface area contributed by atoms with Gasteiger partial charge in [-0.1, -0.05) is 18.2 Å². The lowest BCUT2D eigenvalue weighted by molar-refractivity contribution is -0.111. The molecule has 0 radical (unpaired) electrons. The Morgan fingerprint density at radius 1 is 1.16 bits per heavy atom. The monoisotopic (exact) mass is 253 g/mol. The summed E-state index contributed by atoms with van der Waals surface area (Å²) in [7, 11) is 1.82. The van der Waals surface area contributed by atoms with E-state index in [1.165, 1.54) is 6.08 Å². The van der Waals surface area contributed by atoms with E-state index in [1.807, 2.05) is 43.4 Å². The highest BCUT2D eigenvalue weighted by Gasteiger charge is 2.02. The number of amides is 1.